The number of nitrogens with zero attached hydrogens (tertiary/aromatic N) is 1. The fraction of sp³-hybridized carbons (Fsp3) is 0.214. The maximum atomic E-state index is 10.9. The standard InChI is InChI=1S/C28H28N2O2/c1-17-5-12-24(18(2)15-17)19(3)28(22-9-6-21(7-10-22)8-14-27(31)32)23-11-13-26-25(16-23)20(4)29-30-26/h5-16,19,28H,1-4H3,(H,29,30)(H,31,32)/b14-8+. The van der Waals surface area contributed by atoms with Crippen molar-refractivity contribution in [3.63, 3.8) is 0 Å². The van der Waals surface area contributed by atoms with Crippen LogP contribution in [0.15, 0.2) is 66.7 Å². The van der Waals surface area contributed by atoms with Crippen LogP contribution in [0.3, 0.4) is 0 Å². The van der Waals surface area contributed by atoms with Gasteiger partial charge in [-0.2, -0.15) is 5.10 Å². The van der Waals surface area contributed by atoms with Gasteiger partial charge in [0, 0.05) is 17.4 Å². The minimum Gasteiger partial charge on any atom is -0.478 e. The van der Waals surface area contributed by atoms with E-state index in [0.717, 1.165) is 22.2 Å². The van der Waals surface area contributed by atoms with E-state index in [9.17, 15) is 4.79 Å². The Labute approximate surface area is 188 Å². The Kier molecular flexibility index (Phi) is 5.95. The molecule has 1 aromatic heterocycles. The summed E-state index contributed by atoms with van der Waals surface area (Å²) in [6.07, 6.45) is 2.79. The molecule has 4 heteroatoms. The van der Waals surface area contributed by atoms with Crippen LogP contribution in [0.2, 0.25) is 0 Å². The van der Waals surface area contributed by atoms with E-state index in [-0.39, 0.29) is 11.8 Å². The van der Waals surface area contributed by atoms with Gasteiger partial charge in [-0.05, 0) is 72.7 Å². The van der Waals surface area contributed by atoms with Crippen LogP contribution >= 0.6 is 0 Å². The third kappa shape index (κ3) is 4.35. The van der Waals surface area contributed by atoms with Crippen LogP contribution in [-0.2, 0) is 4.79 Å². The molecule has 0 saturated heterocycles. The molecule has 0 saturated carbocycles. The number of benzene rings is 3. The Hall–Kier alpha value is -3.66. The number of carboxylic acid groups (broad SMARTS) is 1. The Bertz CT molecular complexity index is 1300. The van der Waals surface area contributed by atoms with Crippen molar-refractivity contribution < 1.29 is 9.90 Å². The molecule has 0 aliphatic heterocycles. The summed E-state index contributed by atoms with van der Waals surface area (Å²) in [4.78, 5) is 10.9. The summed E-state index contributed by atoms with van der Waals surface area (Å²) < 4.78 is 0. The maximum absolute atomic E-state index is 10.9. The van der Waals surface area contributed by atoms with Crippen molar-refractivity contribution in [3.05, 3.63) is 106 Å². The van der Waals surface area contributed by atoms with E-state index in [0.29, 0.717) is 0 Å². The van der Waals surface area contributed by atoms with Gasteiger partial charge in [0.25, 0.3) is 0 Å². The average molecular weight is 425 g/mol. The SMILES string of the molecule is Cc1ccc(C(C)C(c2ccc(/C=C/C(=O)O)cc2)c2ccc3[nH]nc(C)c3c2)c(C)c1. The first-order valence-corrected chi connectivity index (χ1v) is 10.9. The van der Waals surface area contributed by atoms with Crippen molar-refractivity contribution in [2.24, 2.45) is 0 Å². The number of fused-ring (bicyclic) bond motifs is 1. The average Bonchev–Trinajstić information content (AvgIpc) is 3.13. The summed E-state index contributed by atoms with van der Waals surface area (Å²) in [6, 6.07) is 21.4. The number of nitrogens with one attached hydrogen (secondary N) is 1. The van der Waals surface area contributed by atoms with Crippen LogP contribution in [0.25, 0.3) is 17.0 Å². The smallest absolute Gasteiger partial charge is 0.328 e. The van der Waals surface area contributed by atoms with Gasteiger partial charge < -0.3 is 5.11 Å². The van der Waals surface area contributed by atoms with Crippen LogP contribution in [0.5, 0.6) is 0 Å². The third-order valence-electron chi connectivity index (χ3n) is 6.27. The van der Waals surface area contributed by atoms with E-state index < -0.39 is 5.97 Å². The normalized spacial score (nSPS) is 13.5. The van der Waals surface area contributed by atoms with Crippen molar-refractivity contribution in [1.82, 2.24) is 10.2 Å². The molecule has 3 aromatic carbocycles. The van der Waals surface area contributed by atoms with Gasteiger partial charge in [0.15, 0.2) is 0 Å². The molecular formula is C28H28N2O2. The lowest BCUT2D eigenvalue weighted by Gasteiger charge is -2.27. The van der Waals surface area contributed by atoms with Crippen LogP contribution < -0.4 is 0 Å². The molecule has 0 radical (unpaired) electrons. The predicted octanol–water partition coefficient (Wildman–Crippen LogP) is 6.52. The second-order valence-electron chi connectivity index (χ2n) is 8.58. The second kappa shape index (κ2) is 8.83. The molecule has 0 bridgehead atoms. The van der Waals surface area contributed by atoms with Crippen molar-refractivity contribution in [3.8, 4) is 0 Å². The highest BCUT2D eigenvalue weighted by molar-refractivity contribution is 5.85. The fourth-order valence-corrected chi connectivity index (χ4v) is 4.62. The summed E-state index contributed by atoms with van der Waals surface area (Å²) in [6.45, 7) is 8.61. The Morgan fingerprint density at radius 1 is 0.969 bits per heavy atom. The molecule has 4 aromatic rings. The molecule has 0 aliphatic rings. The lowest BCUT2D eigenvalue weighted by molar-refractivity contribution is -0.131. The molecule has 162 valence electrons. The van der Waals surface area contributed by atoms with Crippen molar-refractivity contribution >= 4 is 22.9 Å². The first-order chi connectivity index (χ1) is 15.3. The predicted molar refractivity (Wildman–Crippen MR) is 130 cm³/mol. The van der Waals surface area contributed by atoms with Gasteiger partial charge in [-0.1, -0.05) is 61.0 Å². The number of aromatic amines is 1. The summed E-state index contributed by atoms with van der Waals surface area (Å²) in [5.41, 5.74) is 9.24. The number of hydrogen-bond acceptors (Lipinski definition) is 2. The molecule has 0 fully saturated rings. The first-order valence-electron chi connectivity index (χ1n) is 10.9. The van der Waals surface area contributed by atoms with E-state index in [2.05, 4.69) is 79.5 Å². The number of carbonyl (C=O) groups is 1. The molecule has 4 rings (SSSR count). The number of aliphatic carboxylic acids is 1. The molecule has 4 nitrogen and oxygen atoms in total. The van der Waals surface area contributed by atoms with Crippen molar-refractivity contribution in [2.45, 2.75) is 39.5 Å². The van der Waals surface area contributed by atoms with Crippen LogP contribution in [0.1, 0.15) is 57.8 Å². The molecule has 1 heterocycles. The van der Waals surface area contributed by atoms with Gasteiger partial charge >= 0.3 is 5.97 Å². The van der Waals surface area contributed by atoms with Gasteiger partial charge in [-0.15, -0.1) is 0 Å². The highest BCUT2D eigenvalue weighted by Crippen LogP contribution is 2.40. The lowest BCUT2D eigenvalue weighted by Crippen LogP contribution is -2.12. The topological polar surface area (TPSA) is 66.0 Å². The lowest BCUT2D eigenvalue weighted by atomic mass is 9.76. The number of hydrogen-bond donors (Lipinski definition) is 2. The van der Waals surface area contributed by atoms with E-state index >= 15 is 0 Å². The highest BCUT2D eigenvalue weighted by Gasteiger charge is 2.25. The number of carboxylic acids is 1. The molecule has 2 unspecified atom stereocenters. The minimum atomic E-state index is -0.945. The van der Waals surface area contributed by atoms with Gasteiger partial charge in [0.05, 0.1) is 11.2 Å². The number of aryl methyl sites for hydroxylation is 3. The van der Waals surface area contributed by atoms with Crippen molar-refractivity contribution in [1.29, 1.82) is 0 Å². The zero-order valence-corrected chi connectivity index (χ0v) is 18.9. The zero-order chi connectivity index (χ0) is 22.8. The highest BCUT2D eigenvalue weighted by atomic mass is 16.4. The van der Waals surface area contributed by atoms with E-state index in [4.69, 9.17) is 5.11 Å². The monoisotopic (exact) mass is 424 g/mol. The molecular weight excluding hydrogens is 396 g/mol. The maximum Gasteiger partial charge on any atom is 0.328 e. The Morgan fingerprint density at radius 3 is 2.38 bits per heavy atom. The van der Waals surface area contributed by atoms with E-state index in [1.165, 1.54) is 33.9 Å². The second-order valence-corrected chi connectivity index (χ2v) is 8.58. The van der Waals surface area contributed by atoms with Gasteiger partial charge in [0.1, 0.15) is 0 Å². The molecule has 0 amide bonds. The van der Waals surface area contributed by atoms with Crippen LogP contribution in [0, 0.1) is 20.8 Å². The summed E-state index contributed by atoms with van der Waals surface area (Å²) in [7, 11) is 0. The number of aromatic nitrogens is 2. The third-order valence-corrected chi connectivity index (χ3v) is 6.27. The fourth-order valence-electron chi connectivity index (χ4n) is 4.62. The molecule has 0 aliphatic carbocycles. The Morgan fingerprint density at radius 2 is 1.69 bits per heavy atom. The summed E-state index contributed by atoms with van der Waals surface area (Å²) in [5.74, 6) is -0.549. The van der Waals surface area contributed by atoms with E-state index in [1.54, 1.807) is 6.08 Å². The Balaban J connectivity index is 1.81. The molecule has 0 spiro atoms. The summed E-state index contributed by atoms with van der Waals surface area (Å²) >= 11 is 0. The number of H-pyrrole nitrogens is 1. The largest absolute Gasteiger partial charge is 0.478 e. The van der Waals surface area contributed by atoms with Crippen LogP contribution in [-0.4, -0.2) is 21.3 Å². The number of rotatable bonds is 6. The van der Waals surface area contributed by atoms with E-state index in [1.807, 2.05) is 19.1 Å². The van der Waals surface area contributed by atoms with Crippen LogP contribution in [0.4, 0.5) is 0 Å². The quantitative estimate of drug-likeness (QED) is 0.346. The minimum absolute atomic E-state index is 0.146. The van der Waals surface area contributed by atoms with Gasteiger partial charge in [-0.3, -0.25) is 5.10 Å². The zero-order valence-electron chi connectivity index (χ0n) is 18.9. The first kappa shape index (κ1) is 21.6. The summed E-state index contributed by atoms with van der Waals surface area (Å²) in [5, 5.41) is 17.5. The van der Waals surface area contributed by atoms with Gasteiger partial charge in [0.2, 0.25) is 0 Å². The molecule has 2 atom stereocenters. The van der Waals surface area contributed by atoms with Gasteiger partial charge in [-0.25, -0.2) is 4.79 Å². The van der Waals surface area contributed by atoms with Crippen molar-refractivity contribution in [2.75, 3.05) is 0 Å². The molecule has 32 heavy (non-hydrogen) atoms. The molecule has 2 N–H and O–H groups in total.